The molecule has 0 unspecified atom stereocenters. The highest BCUT2D eigenvalue weighted by atomic mass is 35.5. The molecule has 0 radical (unpaired) electrons. The maximum Gasteiger partial charge on any atom is 0.179 e. The van der Waals surface area contributed by atoms with Gasteiger partial charge >= 0.3 is 0 Å². The van der Waals surface area contributed by atoms with Gasteiger partial charge in [-0.25, -0.2) is 0 Å². The molecule has 4 nitrogen and oxygen atoms in total. The number of ether oxygens (including phenoxy) is 2. The molecule has 5 heteroatoms. The predicted octanol–water partition coefficient (Wildman–Crippen LogP) is 3.39. The van der Waals surface area contributed by atoms with Gasteiger partial charge in [0.25, 0.3) is 0 Å². The summed E-state index contributed by atoms with van der Waals surface area (Å²) < 4.78 is 11.3. The van der Waals surface area contributed by atoms with Gasteiger partial charge in [-0.15, -0.1) is 0 Å². The lowest BCUT2D eigenvalue weighted by molar-refractivity contribution is 0.0795. The van der Waals surface area contributed by atoms with E-state index in [1.165, 1.54) is 0 Å². The molecular weight excluding hydrogens is 290 g/mol. The zero-order chi connectivity index (χ0) is 15.9. The van der Waals surface area contributed by atoms with Crippen molar-refractivity contribution in [3.63, 3.8) is 0 Å². The summed E-state index contributed by atoms with van der Waals surface area (Å²) in [7, 11) is 0. The number of aliphatic hydroxyl groups is 1. The van der Waals surface area contributed by atoms with Crippen molar-refractivity contribution < 1.29 is 14.6 Å². The van der Waals surface area contributed by atoms with E-state index in [-0.39, 0.29) is 0 Å². The first-order chi connectivity index (χ1) is 9.87. The average molecular weight is 316 g/mol. The lowest BCUT2D eigenvalue weighted by Crippen LogP contribution is -2.34. The lowest BCUT2D eigenvalue weighted by atomic mass is 10.1. The number of hydrogen-bond donors (Lipinski definition) is 2. The Morgan fingerprint density at radius 3 is 2.52 bits per heavy atom. The van der Waals surface area contributed by atoms with Crippen LogP contribution in [-0.2, 0) is 6.54 Å². The van der Waals surface area contributed by atoms with Crippen LogP contribution in [0.2, 0.25) is 5.02 Å². The van der Waals surface area contributed by atoms with Gasteiger partial charge in [0.2, 0.25) is 0 Å². The predicted molar refractivity (Wildman–Crippen MR) is 86.4 cm³/mol. The van der Waals surface area contributed by atoms with Crippen LogP contribution in [0.15, 0.2) is 12.1 Å². The fourth-order valence-electron chi connectivity index (χ4n) is 1.84. The SMILES string of the molecule is CCCOc1c(Cl)cc(CNCC(C)(C)O)cc1OCC. The molecule has 0 amide bonds. The van der Waals surface area contributed by atoms with E-state index in [1.54, 1.807) is 13.8 Å². The van der Waals surface area contributed by atoms with Crippen LogP contribution in [0, 0.1) is 0 Å². The molecule has 0 fully saturated rings. The third-order valence-corrected chi connectivity index (χ3v) is 2.99. The van der Waals surface area contributed by atoms with Crippen molar-refractivity contribution in [3.8, 4) is 11.5 Å². The van der Waals surface area contributed by atoms with Crippen molar-refractivity contribution in [3.05, 3.63) is 22.7 Å². The quantitative estimate of drug-likeness (QED) is 0.733. The minimum absolute atomic E-state index is 0.503. The molecule has 0 saturated heterocycles. The second-order valence-electron chi connectivity index (χ2n) is 5.60. The van der Waals surface area contributed by atoms with Crippen LogP contribution in [0.3, 0.4) is 0 Å². The van der Waals surface area contributed by atoms with Gasteiger partial charge in [-0.1, -0.05) is 18.5 Å². The third-order valence-electron chi connectivity index (χ3n) is 2.71. The molecule has 0 aliphatic heterocycles. The minimum Gasteiger partial charge on any atom is -0.490 e. The Bertz CT molecular complexity index is 444. The molecule has 1 rings (SSSR count). The Labute approximate surface area is 132 Å². The molecule has 0 atom stereocenters. The maximum absolute atomic E-state index is 9.70. The molecule has 1 aromatic rings. The Hall–Kier alpha value is -0.970. The van der Waals surface area contributed by atoms with Crippen LogP contribution in [0.5, 0.6) is 11.5 Å². The van der Waals surface area contributed by atoms with Crippen LogP contribution in [0.1, 0.15) is 39.7 Å². The Morgan fingerprint density at radius 2 is 1.95 bits per heavy atom. The second-order valence-corrected chi connectivity index (χ2v) is 6.01. The van der Waals surface area contributed by atoms with Crippen LogP contribution >= 0.6 is 11.6 Å². The fourth-order valence-corrected chi connectivity index (χ4v) is 2.13. The van der Waals surface area contributed by atoms with E-state index < -0.39 is 5.60 Å². The summed E-state index contributed by atoms with van der Waals surface area (Å²) in [4.78, 5) is 0. The molecule has 0 aromatic heterocycles. The highest BCUT2D eigenvalue weighted by Gasteiger charge is 2.14. The molecule has 0 spiro atoms. The zero-order valence-corrected chi connectivity index (χ0v) is 14.1. The van der Waals surface area contributed by atoms with Gasteiger partial charge < -0.3 is 19.9 Å². The van der Waals surface area contributed by atoms with Gasteiger partial charge in [-0.05, 0) is 44.9 Å². The number of rotatable bonds is 9. The summed E-state index contributed by atoms with van der Waals surface area (Å²) in [6, 6.07) is 3.80. The van der Waals surface area contributed by atoms with Crippen LogP contribution in [0.4, 0.5) is 0 Å². The van der Waals surface area contributed by atoms with Crippen molar-refractivity contribution in [2.75, 3.05) is 19.8 Å². The minimum atomic E-state index is -0.739. The van der Waals surface area contributed by atoms with Crippen molar-refractivity contribution in [2.45, 2.75) is 46.3 Å². The summed E-state index contributed by atoms with van der Waals surface area (Å²) in [5.74, 6) is 1.27. The summed E-state index contributed by atoms with van der Waals surface area (Å²) >= 11 is 6.29. The average Bonchev–Trinajstić information content (AvgIpc) is 2.36. The standard InChI is InChI=1S/C16H26ClNO3/c1-5-7-21-15-13(17)8-12(9-14(15)20-6-2)10-18-11-16(3,4)19/h8-9,18-19H,5-7,10-11H2,1-4H3. The highest BCUT2D eigenvalue weighted by Crippen LogP contribution is 2.36. The number of nitrogens with one attached hydrogen (secondary N) is 1. The van der Waals surface area contributed by atoms with Gasteiger partial charge in [0.1, 0.15) is 0 Å². The van der Waals surface area contributed by atoms with E-state index in [0.29, 0.717) is 42.8 Å². The van der Waals surface area contributed by atoms with Gasteiger partial charge in [0, 0.05) is 13.1 Å². The number of halogens is 1. The molecule has 1 aromatic carbocycles. The van der Waals surface area contributed by atoms with Crippen LogP contribution in [0.25, 0.3) is 0 Å². The molecule has 2 N–H and O–H groups in total. The van der Waals surface area contributed by atoms with E-state index >= 15 is 0 Å². The third kappa shape index (κ3) is 6.55. The molecule has 0 bridgehead atoms. The van der Waals surface area contributed by atoms with Crippen LogP contribution in [-0.4, -0.2) is 30.5 Å². The van der Waals surface area contributed by atoms with E-state index in [0.717, 1.165) is 12.0 Å². The molecule has 0 aliphatic carbocycles. The zero-order valence-electron chi connectivity index (χ0n) is 13.3. The number of hydrogen-bond acceptors (Lipinski definition) is 4. The maximum atomic E-state index is 9.70. The van der Waals surface area contributed by atoms with Crippen molar-refractivity contribution in [1.82, 2.24) is 5.32 Å². The van der Waals surface area contributed by atoms with E-state index in [4.69, 9.17) is 21.1 Å². The summed E-state index contributed by atoms with van der Waals surface area (Å²) in [5.41, 5.74) is 0.257. The van der Waals surface area contributed by atoms with Gasteiger partial charge in [-0.3, -0.25) is 0 Å². The van der Waals surface area contributed by atoms with Gasteiger partial charge in [-0.2, -0.15) is 0 Å². The molecule has 120 valence electrons. The highest BCUT2D eigenvalue weighted by molar-refractivity contribution is 6.32. The van der Waals surface area contributed by atoms with Crippen LogP contribution < -0.4 is 14.8 Å². The Balaban J connectivity index is 2.82. The largest absolute Gasteiger partial charge is 0.490 e. The first-order valence-electron chi connectivity index (χ1n) is 7.38. The monoisotopic (exact) mass is 315 g/mol. The summed E-state index contributed by atoms with van der Waals surface area (Å²) in [5, 5.41) is 13.4. The fraction of sp³-hybridized carbons (Fsp3) is 0.625. The lowest BCUT2D eigenvalue weighted by Gasteiger charge is -2.19. The molecule has 0 heterocycles. The first kappa shape index (κ1) is 18.1. The molecular formula is C16H26ClNO3. The van der Waals surface area contributed by atoms with Gasteiger partial charge in [0.05, 0.1) is 23.8 Å². The Morgan fingerprint density at radius 1 is 1.24 bits per heavy atom. The van der Waals surface area contributed by atoms with E-state index in [1.807, 2.05) is 26.0 Å². The molecule has 0 aliphatic rings. The number of benzene rings is 1. The topological polar surface area (TPSA) is 50.7 Å². The van der Waals surface area contributed by atoms with E-state index in [9.17, 15) is 5.11 Å². The summed E-state index contributed by atoms with van der Waals surface area (Å²) in [6.45, 7) is 9.77. The summed E-state index contributed by atoms with van der Waals surface area (Å²) in [6.07, 6.45) is 0.913. The molecule has 0 saturated carbocycles. The van der Waals surface area contributed by atoms with E-state index in [2.05, 4.69) is 5.32 Å². The van der Waals surface area contributed by atoms with Crippen molar-refractivity contribution in [2.24, 2.45) is 0 Å². The molecule has 21 heavy (non-hydrogen) atoms. The van der Waals surface area contributed by atoms with Gasteiger partial charge in [0.15, 0.2) is 11.5 Å². The Kier molecular flexibility index (Phi) is 7.29. The first-order valence-corrected chi connectivity index (χ1v) is 7.76. The normalized spacial score (nSPS) is 11.5. The van der Waals surface area contributed by atoms with Crippen molar-refractivity contribution >= 4 is 11.6 Å². The smallest absolute Gasteiger partial charge is 0.179 e. The second kappa shape index (κ2) is 8.47. The van der Waals surface area contributed by atoms with Crippen molar-refractivity contribution in [1.29, 1.82) is 0 Å².